The van der Waals surface area contributed by atoms with Crippen molar-refractivity contribution in [3.63, 3.8) is 0 Å². The van der Waals surface area contributed by atoms with Crippen LogP contribution >= 0.6 is 24.8 Å². The van der Waals surface area contributed by atoms with Crippen LogP contribution in [-0.4, -0.2) is 48.4 Å². The Morgan fingerprint density at radius 1 is 1.19 bits per heavy atom. The summed E-state index contributed by atoms with van der Waals surface area (Å²) in [5, 5.41) is 7.99. The van der Waals surface area contributed by atoms with Crippen molar-refractivity contribution < 1.29 is 4.79 Å². The summed E-state index contributed by atoms with van der Waals surface area (Å²) in [6.45, 7) is 6.64. The third kappa shape index (κ3) is 4.23. The number of para-hydroxylation sites is 2. The molecule has 3 heterocycles. The second-order valence-electron chi connectivity index (χ2n) is 6.71. The number of piperidine rings is 1. The molecule has 8 heteroatoms. The van der Waals surface area contributed by atoms with E-state index in [9.17, 15) is 4.79 Å². The van der Waals surface area contributed by atoms with Crippen molar-refractivity contribution in [3.8, 4) is 0 Å². The highest BCUT2D eigenvalue weighted by atomic mass is 35.5. The maximum absolute atomic E-state index is 13.1. The highest BCUT2D eigenvalue weighted by Gasteiger charge is 2.28. The van der Waals surface area contributed by atoms with Crippen LogP contribution in [0, 0.1) is 0 Å². The van der Waals surface area contributed by atoms with Crippen LogP contribution in [0.4, 0.5) is 11.4 Å². The molecule has 1 saturated heterocycles. The highest BCUT2D eigenvalue weighted by molar-refractivity contribution is 6.07. The Hall–Kier alpha value is -1.76. The summed E-state index contributed by atoms with van der Waals surface area (Å²) < 4.78 is 1.95. The van der Waals surface area contributed by atoms with E-state index in [1.54, 1.807) is 0 Å². The van der Waals surface area contributed by atoms with E-state index in [0.717, 1.165) is 50.4 Å². The van der Waals surface area contributed by atoms with E-state index in [1.165, 1.54) is 0 Å². The van der Waals surface area contributed by atoms with Gasteiger partial charge in [-0.25, -0.2) is 0 Å². The van der Waals surface area contributed by atoms with Crippen molar-refractivity contribution >= 4 is 42.1 Å². The van der Waals surface area contributed by atoms with Gasteiger partial charge in [-0.05, 0) is 44.5 Å². The van der Waals surface area contributed by atoms with Crippen molar-refractivity contribution in [2.75, 3.05) is 42.5 Å². The monoisotopic (exact) mass is 411 g/mol. The average Bonchev–Trinajstić information content (AvgIpc) is 3.17. The summed E-state index contributed by atoms with van der Waals surface area (Å²) in [6, 6.07) is 10.3. The molecule has 0 saturated carbocycles. The standard InChI is InChI=1S/C19H25N5O.2ClH/c1-2-22-12-13-23(18-8-4-3-7-17(18)22)19(25)16-9-11-24(21-16)15-6-5-10-20-14-15;;/h3-4,7-9,11,15,20H,2,5-6,10,12-14H2,1H3;2*1H. The molecule has 148 valence electrons. The van der Waals surface area contributed by atoms with Crippen LogP contribution in [0.5, 0.6) is 0 Å². The molecule has 1 aromatic carbocycles. The van der Waals surface area contributed by atoms with Crippen LogP contribution in [0.1, 0.15) is 36.3 Å². The number of likely N-dealkylation sites (N-methyl/N-ethyl adjacent to an activating group) is 1. The number of rotatable bonds is 3. The van der Waals surface area contributed by atoms with Crippen LogP contribution < -0.4 is 15.1 Å². The van der Waals surface area contributed by atoms with E-state index in [-0.39, 0.29) is 30.7 Å². The van der Waals surface area contributed by atoms with E-state index < -0.39 is 0 Å². The quantitative estimate of drug-likeness (QED) is 0.842. The van der Waals surface area contributed by atoms with Gasteiger partial charge in [0.1, 0.15) is 0 Å². The predicted molar refractivity (Wildman–Crippen MR) is 114 cm³/mol. The van der Waals surface area contributed by atoms with Crippen LogP contribution in [0.2, 0.25) is 0 Å². The number of fused-ring (bicyclic) bond motifs is 1. The molecular weight excluding hydrogens is 385 g/mol. The molecule has 4 rings (SSSR count). The Balaban J connectivity index is 0.00000131. The smallest absolute Gasteiger partial charge is 0.278 e. The number of carbonyl (C=O) groups is 1. The normalized spacial score (nSPS) is 18.9. The van der Waals surface area contributed by atoms with E-state index in [4.69, 9.17) is 0 Å². The Morgan fingerprint density at radius 2 is 1.96 bits per heavy atom. The number of hydrogen-bond donors (Lipinski definition) is 1. The molecule has 0 bridgehead atoms. The number of amides is 1. The van der Waals surface area contributed by atoms with Crippen molar-refractivity contribution in [2.45, 2.75) is 25.8 Å². The van der Waals surface area contributed by atoms with Gasteiger partial charge in [-0.2, -0.15) is 5.10 Å². The summed E-state index contributed by atoms with van der Waals surface area (Å²) in [7, 11) is 0. The average molecular weight is 412 g/mol. The number of nitrogens with zero attached hydrogens (tertiary/aromatic N) is 4. The minimum atomic E-state index is -0.00859. The van der Waals surface area contributed by atoms with Gasteiger partial charge in [0.25, 0.3) is 5.91 Å². The minimum Gasteiger partial charge on any atom is -0.368 e. The Morgan fingerprint density at radius 3 is 2.67 bits per heavy atom. The van der Waals surface area contributed by atoms with Gasteiger partial charge in [0, 0.05) is 32.4 Å². The Kier molecular flexibility index (Phi) is 7.53. The van der Waals surface area contributed by atoms with Gasteiger partial charge in [0.2, 0.25) is 0 Å². The Bertz CT molecular complexity index is 760. The minimum absolute atomic E-state index is 0. The number of hydrogen-bond acceptors (Lipinski definition) is 4. The second kappa shape index (κ2) is 9.44. The first kappa shape index (κ1) is 21.5. The Labute approximate surface area is 172 Å². The molecule has 1 N–H and O–H groups in total. The van der Waals surface area contributed by atoms with Gasteiger partial charge in [-0.15, -0.1) is 24.8 Å². The lowest BCUT2D eigenvalue weighted by atomic mass is 10.1. The number of halogens is 2. The van der Waals surface area contributed by atoms with E-state index >= 15 is 0 Å². The zero-order valence-corrected chi connectivity index (χ0v) is 17.1. The second-order valence-corrected chi connectivity index (χ2v) is 6.71. The maximum atomic E-state index is 13.1. The molecule has 6 nitrogen and oxygen atoms in total. The van der Waals surface area contributed by atoms with Crippen molar-refractivity contribution in [3.05, 3.63) is 42.2 Å². The van der Waals surface area contributed by atoms with Crippen LogP contribution in [0.25, 0.3) is 0 Å². The van der Waals surface area contributed by atoms with Gasteiger partial charge in [-0.1, -0.05) is 12.1 Å². The zero-order chi connectivity index (χ0) is 17.2. The fourth-order valence-corrected chi connectivity index (χ4v) is 3.81. The SMILES string of the molecule is CCN1CCN(C(=O)c2ccn(C3CCCNC3)n2)c2ccccc21.Cl.Cl. The maximum Gasteiger partial charge on any atom is 0.278 e. The lowest BCUT2D eigenvalue weighted by Gasteiger charge is -2.36. The molecule has 1 aromatic heterocycles. The molecule has 27 heavy (non-hydrogen) atoms. The van der Waals surface area contributed by atoms with E-state index in [1.807, 2.05) is 40.0 Å². The van der Waals surface area contributed by atoms with Gasteiger partial charge in [0.15, 0.2) is 5.69 Å². The molecule has 2 aliphatic rings. The molecule has 1 fully saturated rings. The first-order valence-corrected chi connectivity index (χ1v) is 9.19. The van der Waals surface area contributed by atoms with Gasteiger partial charge in [-0.3, -0.25) is 9.48 Å². The van der Waals surface area contributed by atoms with Crippen LogP contribution in [0.15, 0.2) is 36.5 Å². The molecule has 1 amide bonds. The lowest BCUT2D eigenvalue weighted by molar-refractivity contribution is 0.0980. The fraction of sp³-hybridized carbons (Fsp3) is 0.474. The largest absolute Gasteiger partial charge is 0.368 e. The van der Waals surface area contributed by atoms with Gasteiger partial charge in [0.05, 0.1) is 17.4 Å². The number of benzene rings is 1. The van der Waals surface area contributed by atoms with Crippen molar-refractivity contribution in [1.29, 1.82) is 0 Å². The van der Waals surface area contributed by atoms with Gasteiger partial charge >= 0.3 is 0 Å². The molecule has 1 atom stereocenters. The third-order valence-electron chi connectivity index (χ3n) is 5.21. The zero-order valence-electron chi connectivity index (χ0n) is 15.5. The highest BCUT2D eigenvalue weighted by Crippen LogP contribution is 2.33. The summed E-state index contributed by atoms with van der Waals surface area (Å²) in [5.41, 5.74) is 2.64. The molecular formula is C19H27Cl2N5O. The number of aromatic nitrogens is 2. The number of carbonyl (C=O) groups excluding carboxylic acids is 1. The molecule has 1 unspecified atom stereocenters. The first-order chi connectivity index (χ1) is 12.3. The first-order valence-electron chi connectivity index (χ1n) is 9.19. The fourth-order valence-electron chi connectivity index (χ4n) is 3.81. The molecule has 0 spiro atoms. The summed E-state index contributed by atoms with van der Waals surface area (Å²) >= 11 is 0. The summed E-state index contributed by atoms with van der Waals surface area (Å²) in [6.07, 6.45) is 4.21. The molecule has 2 aromatic rings. The molecule has 0 aliphatic carbocycles. The third-order valence-corrected chi connectivity index (χ3v) is 5.21. The summed E-state index contributed by atoms with van der Waals surface area (Å²) in [5.74, 6) is -0.00859. The van der Waals surface area contributed by atoms with Crippen LogP contribution in [0.3, 0.4) is 0 Å². The number of anilines is 2. The lowest BCUT2D eigenvalue weighted by Crippen LogP contribution is -2.44. The van der Waals surface area contributed by atoms with E-state index in [0.29, 0.717) is 18.3 Å². The number of nitrogens with one attached hydrogen (secondary N) is 1. The van der Waals surface area contributed by atoms with Crippen molar-refractivity contribution in [1.82, 2.24) is 15.1 Å². The topological polar surface area (TPSA) is 53.4 Å². The van der Waals surface area contributed by atoms with Crippen LogP contribution in [-0.2, 0) is 0 Å². The van der Waals surface area contributed by atoms with Crippen molar-refractivity contribution in [2.24, 2.45) is 0 Å². The summed E-state index contributed by atoms with van der Waals surface area (Å²) in [4.78, 5) is 17.2. The predicted octanol–water partition coefficient (Wildman–Crippen LogP) is 3.14. The molecule has 2 aliphatic heterocycles. The van der Waals surface area contributed by atoms with Gasteiger partial charge < -0.3 is 15.1 Å². The molecule has 0 radical (unpaired) electrons. The van der Waals surface area contributed by atoms with E-state index in [2.05, 4.69) is 28.3 Å².